The topological polar surface area (TPSA) is 120 Å². The average molecular weight is 570 g/mol. The molecule has 2 heterocycles. The molecular weight excluding hydrogens is 543 g/mol. The minimum atomic E-state index is -0.664. The maximum atomic E-state index is 15.1. The predicted octanol–water partition coefficient (Wildman–Crippen LogP) is 3.29. The van der Waals surface area contributed by atoms with E-state index in [2.05, 4.69) is 25.9 Å². The molecule has 1 aliphatic rings. The number of anilines is 2. The van der Waals surface area contributed by atoms with E-state index >= 15 is 4.39 Å². The summed E-state index contributed by atoms with van der Waals surface area (Å²) in [5, 5.41) is 0.342. The number of carbonyl (C=O) groups is 1. The van der Waals surface area contributed by atoms with E-state index in [-0.39, 0.29) is 53.6 Å². The standard InChI is InChI=1S/C23H26BrFN6O3.ClH/c1-33-17-11-15-20(19(25)21(17)34-2)28-23(29-22(15)27)31-9-7-30(8-10-31)18(32)12-16(26)13-3-5-14(24)6-4-13;/h3-6,11,16H,7-10,12,26H2,1-2H3,(H2,27,28,29);1H/t16-;/m1./s1. The van der Waals surface area contributed by atoms with Gasteiger partial charge in [-0.2, -0.15) is 4.98 Å². The molecule has 0 unspecified atom stereocenters. The highest BCUT2D eigenvalue weighted by atomic mass is 79.9. The number of rotatable bonds is 6. The van der Waals surface area contributed by atoms with Crippen LogP contribution >= 0.6 is 28.3 Å². The van der Waals surface area contributed by atoms with E-state index in [0.717, 1.165) is 10.0 Å². The van der Waals surface area contributed by atoms with E-state index in [0.29, 0.717) is 37.5 Å². The summed E-state index contributed by atoms with van der Waals surface area (Å²) in [6.07, 6.45) is 0.216. The van der Waals surface area contributed by atoms with Crippen LogP contribution in [0.25, 0.3) is 10.9 Å². The van der Waals surface area contributed by atoms with Crippen molar-refractivity contribution < 1.29 is 18.7 Å². The van der Waals surface area contributed by atoms with Crippen molar-refractivity contribution in [1.29, 1.82) is 0 Å². The molecule has 1 saturated heterocycles. The third kappa shape index (κ3) is 5.52. The Hall–Kier alpha value is -2.89. The van der Waals surface area contributed by atoms with Crippen LogP contribution in [-0.2, 0) is 4.79 Å². The maximum Gasteiger partial charge on any atom is 0.228 e. The molecule has 0 saturated carbocycles. The molecule has 1 aromatic heterocycles. The first kappa shape index (κ1) is 26.7. The van der Waals surface area contributed by atoms with Gasteiger partial charge >= 0.3 is 0 Å². The summed E-state index contributed by atoms with van der Waals surface area (Å²) in [6.45, 7) is 1.92. The molecular formula is C23H27BrClFN6O3. The van der Waals surface area contributed by atoms with Gasteiger partial charge in [0.25, 0.3) is 0 Å². The van der Waals surface area contributed by atoms with Gasteiger partial charge < -0.3 is 30.7 Å². The molecule has 0 spiro atoms. The molecule has 2 aromatic carbocycles. The lowest BCUT2D eigenvalue weighted by Gasteiger charge is -2.35. The zero-order chi connectivity index (χ0) is 24.4. The second-order valence-electron chi connectivity index (χ2n) is 7.96. The fraction of sp³-hybridized carbons (Fsp3) is 0.348. The average Bonchev–Trinajstić information content (AvgIpc) is 2.84. The van der Waals surface area contributed by atoms with Crippen LogP contribution in [0.2, 0.25) is 0 Å². The number of carbonyl (C=O) groups excluding carboxylic acids is 1. The number of piperazine rings is 1. The molecule has 1 atom stereocenters. The van der Waals surface area contributed by atoms with Gasteiger partial charge in [0.05, 0.1) is 14.2 Å². The monoisotopic (exact) mass is 568 g/mol. The highest BCUT2D eigenvalue weighted by Gasteiger charge is 2.26. The van der Waals surface area contributed by atoms with Gasteiger partial charge in [0, 0.05) is 48.5 Å². The van der Waals surface area contributed by atoms with Crippen LogP contribution in [0.4, 0.5) is 16.2 Å². The van der Waals surface area contributed by atoms with Crippen LogP contribution in [0.3, 0.4) is 0 Å². The lowest BCUT2D eigenvalue weighted by atomic mass is 10.0. The van der Waals surface area contributed by atoms with Crippen LogP contribution in [0, 0.1) is 5.82 Å². The van der Waals surface area contributed by atoms with Crippen molar-refractivity contribution in [3.8, 4) is 11.5 Å². The SMILES string of the molecule is COc1cc2c(N)nc(N3CCN(C(=O)C[C@@H](N)c4ccc(Br)cc4)CC3)nc2c(F)c1OC.Cl. The molecule has 1 amide bonds. The molecule has 0 bridgehead atoms. The predicted molar refractivity (Wildman–Crippen MR) is 139 cm³/mol. The molecule has 0 radical (unpaired) electrons. The molecule has 35 heavy (non-hydrogen) atoms. The third-order valence-corrected chi connectivity index (χ3v) is 6.43. The van der Waals surface area contributed by atoms with Crippen LogP contribution in [0.5, 0.6) is 11.5 Å². The number of benzene rings is 2. The summed E-state index contributed by atoms with van der Waals surface area (Å²) in [5.41, 5.74) is 13.3. The second kappa shape index (κ2) is 11.2. The summed E-state index contributed by atoms with van der Waals surface area (Å²) in [5.74, 6) is -0.0750. The van der Waals surface area contributed by atoms with Crippen molar-refractivity contribution in [3.63, 3.8) is 0 Å². The first-order valence-electron chi connectivity index (χ1n) is 10.7. The molecule has 1 aliphatic heterocycles. The number of halogens is 3. The first-order valence-corrected chi connectivity index (χ1v) is 11.5. The molecule has 188 valence electrons. The molecule has 3 aromatic rings. The zero-order valence-corrected chi connectivity index (χ0v) is 21.7. The summed E-state index contributed by atoms with van der Waals surface area (Å²) >= 11 is 3.40. The van der Waals surface area contributed by atoms with Crippen molar-refractivity contribution in [2.45, 2.75) is 12.5 Å². The van der Waals surface area contributed by atoms with Crippen molar-refractivity contribution >= 4 is 56.9 Å². The zero-order valence-electron chi connectivity index (χ0n) is 19.3. The smallest absolute Gasteiger partial charge is 0.228 e. The lowest BCUT2D eigenvalue weighted by molar-refractivity contribution is -0.131. The van der Waals surface area contributed by atoms with E-state index < -0.39 is 5.82 Å². The van der Waals surface area contributed by atoms with Crippen LogP contribution in [0.15, 0.2) is 34.8 Å². The van der Waals surface area contributed by atoms with Crippen molar-refractivity contribution in [2.75, 3.05) is 51.0 Å². The van der Waals surface area contributed by atoms with E-state index in [9.17, 15) is 4.79 Å². The minimum Gasteiger partial charge on any atom is -0.493 e. The van der Waals surface area contributed by atoms with Gasteiger partial charge in [0.15, 0.2) is 17.3 Å². The number of aromatic nitrogens is 2. The summed E-state index contributed by atoms with van der Waals surface area (Å²) in [6, 6.07) is 8.81. The molecule has 0 aliphatic carbocycles. The van der Waals surface area contributed by atoms with Gasteiger partial charge in [-0.15, -0.1) is 12.4 Å². The number of nitrogens with two attached hydrogens (primary N) is 2. The largest absolute Gasteiger partial charge is 0.493 e. The van der Waals surface area contributed by atoms with Gasteiger partial charge in [0.2, 0.25) is 11.9 Å². The Kier molecular flexibility index (Phi) is 8.57. The number of amides is 1. The molecule has 9 nitrogen and oxygen atoms in total. The Morgan fingerprint density at radius 1 is 1.14 bits per heavy atom. The molecule has 4 rings (SSSR count). The van der Waals surface area contributed by atoms with Gasteiger partial charge in [-0.05, 0) is 23.8 Å². The Labute approximate surface area is 217 Å². The van der Waals surface area contributed by atoms with Crippen molar-refractivity contribution in [1.82, 2.24) is 14.9 Å². The normalized spacial score (nSPS) is 14.4. The van der Waals surface area contributed by atoms with E-state index in [1.807, 2.05) is 29.2 Å². The number of fused-ring (bicyclic) bond motifs is 1. The quantitative estimate of drug-likeness (QED) is 0.464. The minimum absolute atomic E-state index is 0. The van der Waals surface area contributed by atoms with Gasteiger partial charge in [-0.3, -0.25) is 4.79 Å². The van der Waals surface area contributed by atoms with E-state index in [1.165, 1.54) is 14.2 Å². The molecule has 12 heteroatoms. The summed E-state index contributed by atoms with van der Waals surface area (Å²) in [4.78, 5) is 25.2. The summed E-state index contributed by atoms with van der Waals surface area (Å²) < 4.78 is 26.3. The van der Waals surface area contributed by atoms with Crippen molar-refractivity contribution in [2.24, 2.45) is 5.73 Å². The Balaban J connectivity index is 0.00000342. The van der Waals surface area contributed by atoms with Crippen LogP contribution in [-0.4, -0.2) is 61.2 Å². The van der Waals surface area contributed by atoms with E-state index in [1.54, 1.807) is 11.0 Å². The molecule has 4 N–H and O–H groups in total. The third-order valence-electron chi connectivity index (χ3n) is 5.90. The number of methoxy groups -OCH3 is 2. The van der Waals surface area contributed by atoms with Gasteiger partial charge in [-0.25, -0.2) is 9.37 Å². The first-order chi connectivity index (χ1) is 16.3. The summed E-state index contributed by atoms with van der Waals surface area (Å²) in [7, 11) is 2.78. The number of hydrogen-bond acceptors (Lipinski definition) is 8. The van der Waals surface area contributed by atoms with Gasteiger partial charge in [-0.1, -0.05) is 28.1 Å². The Morgan fingerprint density at radius 3 is 2.40 bits per heavy atom. The number of ether oxygens (including phenoxy) is 2. The highest BCUT2D eigenvalue weighted by molar-refractivity contribution is 9.10. The number of nitrogen functional groups attached to an aromatic ring is 1. The fourth-order valence-corrected chi connectivity index (χ4v) is 4.24. The fourth-order valence-electron chi connectivity index (χ4n) is 3.98. The van der Waals surface area contributed by atoms with Crippen LogP contribution < -0.4 is 25.8 Å². The number of nitrogens with zero attached hydrogens (tertiary/aromatic N) is 4. The Morgan fingerprint density at radius 2 is 1.80 bits per heavy atom. The molecule has 1 fully saturated rings. The lowest BCUT2D eigenvalue weighted by Crippen LogP contribution is -2.49. The van der Waals surface area contributed by atoms with Crippen molar-refractivity contribution in [3.05, 3.63) is 46.2 Å². The van der Waals surface area contributed by atoms with Gasteiger partial charge in [0.1, 0.15) is 11.3 Å². The second-order valence-corrected chi connectivity index (χ2v) is 8.88. The van der Waals surface area contributed by atoms with E-state index in [4.69, 9.17) is 20.9 Å². The maximum absolute atomic E-state index is 15.1. The Bertz CT molecular complexity index is 1210. The number of hydrogen-bond donors (Lipinski definition) is 2. The highest BCUT2D eigenvalue weighted by Crippen LogP contribution is 2.37. The van der Waals surface area contributed by atoms with Crippen LogP contribution in [0.1, 0.15) is 18.0 Å².